The summed E-state index contributed by atoms with van der Waals surface area (Å²) in [6.07, 6.45) is 6.98. The average molecular weight is 467 g/mol. The van der Waals surface area contributed by atoms with E-state index in [2.05, 4.69) is 25.5 Å². The molecule has 0 unspecified atom stereocenters. The van der Waals surface area contributed by atoms with E-state index in [1.165, 1.54) is 10.9 Å². The first-order valence-electron chi connectivity index (χ1n) is 11.0. The lowest BCUT2D eigenvalue weighted by atomic mass is 10.2. The Kier molecular flexibility index (Phi) is 4.69. The van der Waals surface area contributed by atoms with Gasteiger partial charge in [0.2, 0.25) is 5.78 Å². The summed E-state index contributed by atoms with van der Waals surface area (Å²) in [4.78, 5) is 37.1. The van der Waals surface area contributed by atoms with Crippen molar-refractivity contribution in [2.24, 2.45) is 14.1 Å². The van der Waals surface area contributed by atoms with Gasteiger partial charge in [0.05, 0.1) is 29.7 Å². The smallest absolute Gasteiger partial charge is 0.275 e. The lowest BCUT2D eigenvalue weighted by Crippen LogP contribution is -2.28. The Labute approximate surface area is 199 Å². The van der Waals surface area contributed by atoms with Crippen molar-refractivity contribution in [3.63, 3.8) is 0 Å². The second-order valence-corrected chi connectivity index (χ2v) is 8.43. The molecule has 0 aliphatic carbocycles. The van der Waals surface area contributed by atoms with Crippen LogP contribution in [0.2, 0.25) is 0 Å². The molecule has 174 valence electrons. The van der Waals surface area contributed by atoms with Crippen molar-refractivity contribution in [2.45, 2.75) is 13.1 Å². The number of rotatable bonds is 4. The summed E-state index contributed by atoms with van der Waals surface area (Å²) in [6, 6.07) is 11.5. The van der Waals surface area contributed by atoms with Crippen molar-refractivity contribution < 1.29 is 9.59 Å². The maximum Gasteiger partial charge on any atom is 0.275 e. The molecular weight excluding hydrogens is 446 g/mol. The van der Waals surface area contributed by atoms with Crippen LogP contribution in [0.3, 0.4) is 0 Å². The number of carbonyl (C=O) groups excluding carboxylic acids is 2. The molecule has 0 saturated carbocycles. The van der Waals surface area contributed by atoms with Crippen LogP contribution < -0.4 is 5.32 Å². The van der Waals surface area contributed by atoms with Gasteiger partial charge in [0.15, 0.2) is 0 Å². The molecule has 2 amide bonds. The normalized spacial score (nSPS) is 12.8. The third kappa shape index (κ3) is 3.62. The molecule has 1 aliphatic heterocycles. The van der Waals surface area contributed by atoms with Gasteiger partial charge in [-0.1, -0.05) is 30.3 Å². The Morgan fingerprint density at radius 3 is 2.63 bits per heavy atom. The van der Waals surface area contributed by atoms with E-state index in [1.54, 1.807) is 33.3 Å². The third-order valence-corrected chi connectivity index (χ3v) is 6.00. The highest BCUT2D eigenvalue weighted by Crippen LogP contribution is 2.24. The monoisotopic (exact) mass is 467 g/mol. The summed E-state index contributed by atoms with van der Waals surface area (Å²) in [5.74, 6) is 0.0277. The molecule has 4 aromatic heterocycles. The topological polar surface area (TPSA) is 115 Å². The van der Waals surface area contributed by atoms with E-state index in [1.807, 2.05) is 49.8 Å². The zero-order valence-corrected chi connectivity index (χ0v) is 19.1. The molecule has 11 heteroatoms. The molecule has 0 atom stereocenters. The summed E-state index contributed by atoms with van der Waals surface area (Å²) in [6.45, 7) is 0.840. The van der Waals surface area contributed by atoms with Gasteiger partial charge in [-0.15, -0.1) is 0 Å². The fourth-order valence-electron chi connectivity index (χ4n) is 4.33. The number of hydrogen-bond acceptors (Lipinski definition) is 6. The number of hydrogen-bond donors (Lipinski definition) is 1. The molecular formula is C24H21N9O2. The number of imidazole rings is 1. The standard InChI is InChI=1S/C24H21N9O2/c1-30-11-16-12-33(14-19(16)29-30)23(35)17-10-25-31(2)21(17)22(34)27-20-8-9-32-13-18(26-24(32)28-20)15-6-4-3-5-7-15/h3-11,13H,12,14H2,1-2H3,(H,26,27,28,34). The van der Waals surface area contributed by atoms with Gasteiger partial charge in [-0.25, -0.2) is 4.98 Å². The summed E-state index contributed by atoms with van der Waals surface area (Å²) < 4.78 is 4.92. The SMILES string of the molecule is Cn1cc2c(n1)CN(C(=O)c1cnn(C)c1C(=O)Nc1ccn3cc(-c4ccccc4)nc3n1)C2. The van der Waals surface area contributed by atoms with Gasteiger partial charge in [0.1, 0.15) is 11.5 Å². The van der Waals surface area contributed by atoms with Gasteiger partial charge in [0.25, 0.3) is 11.8 Å². The van der Waals surface area contributed by atoms with Crippen LogP contribution in [0, 0.1) is 0 Å². The first-order chi connectivity index (χ1) is 17.0. The van der Waals surface area contributed by atoms with Crippen LogP contribution in [0.5, 0.6) is 0 Å². The Hall–Kier alpha value is -4.80. The third-order valence-electron chi connectivity index (χ3n) is 6.00. The van der Waals surface area contributed by atoms with Crippen LogP contribution in [-0.2, 0) is 27.2 Å². The van der Waals surface area contributed by atoms with E-state index in [4.69, 9.17) is 0 Å². The van der Waals surface area contributed by atoms with E-state index in [9.17, 15) is 9.59 Å². The molecule has 6 rings (SSSR count). The van der Waals surface area contributed by atoms with Gasteiger partial charge in [-0.2, -0.15) is 15.2 Å². The zero-order chi connectivity index (χ0) is 24.1. The minimum absolute atomic E-state index is 0.162. The molecule has 1 aliphatic rings. The maximum atomic E-state index is 13.2. The summed E-state index contributed by atoms with van der Waals surface area (Å²) in [5, 5.41) is 11.3. The number of carbonyl (C=O) groups is 2. The fraction of sp³-hybridized carbons (Fsp3) is 0.167. The number of amides is 2. The van der Waals surface area contributed by atoms with Crippen LogP contribution in [0.15, 0.2) is 61.2 Å². The molecule has 11 nitrogen and oxygen atoms in total. The molecule has 0 spiro atoms. The molecule has 35 heavy (non-hydrogen) atoms. The second kappa shape index (κ2) is 7.90. The quantitative estimate of drug-likeness (QED) is 0.434. The Balaban J connectivity index is 1.24. The highest BCUT2D eigenvalue weighted by molar-refractivity contribution is 6.10. The molecule has 0 radical (unpaired) electrons. The number of nitrogens with one attached hydrogen (secondary N) is 1. The lowest BCUT2D eigenvalue weighted by molar-refractivity contribution is 0.0744. The van der Waals surface area contributed by atoms with Crippen molar-refractivity contribution >= 4 is 23.4 Å². The summed E-state index contributed by atoms with van der Waals surface area (Å²) in [7, 11) is 3.48. The molecule has 0 bridgehead atoms. The second-order valence-electron chi connectivity index (χ2n) is 8.43. The zero-order valence-electron chi connectivity index (χ0n) is 19.1. The number of nitrogens with zero attached hydrogens (tertiary/aromatic N) is 8. The van der Waals surface area contributed by atoms with Gasteiger partial charge < -0.3 is 10.2 Å². The van der Waals surface area contributed by atoms with E-state index in [0.29, 0.717) is 24.7 Å². The van der Waals surface area contributed by atoms with Gasteiger partial charge in [-0.3, -0.25) is 23.4 Å². The molecule has 1 N–H and O–H groups in total. The Bertz CT molecular complexity index is 1570. The first kappa shape index (κ1) is 20.8. The van der Waals surface area contributed by atoms with Crippen LogP contribution in [0.1, 0.15) is 32.1 Å². The van der Waals surface area contributed by atoms with E-state index in [0.717, 1.165) is 22.5 Å². The predicted molar refractivity (Wildman–Crippen MR) is 126 cm³/mol. The van der Waals surface area contributed by atoms with E-state index in [-0.39, 0.29) is 17.2 Å². The van der Waals surface area contributed by atoms with Crippen molar-refractivity contribution in [2.75, 3.05) is 5.32 Å². The molecule has 0 saturated heterocycles. The van der Waals surface area contributed by atoms with Crippen molar-refractivity contribution in [1.82, 2.24) is 38.8 Å². The van der Waals surface area contributed by atoms with Crippen molar-refractivity contribution in [1.29, 1.82) is 0 Å². The number of anilines is 1. The molecule has 0 fully saturated rings. The van der Waals surface area contributed by atoms with Crippen molar-refractivity contribution in [3.05, 3.63) is 83.7 Å². The first-order valence-corrected chi connectivity index (χ1v) is 11.0. The number of fused-ring (bicyclic) bond motifs is 2. The highest BCUT2D eigenvalue weighted by atomic mass is 16.2. The maximum absolute atomic E-state index is 13.2. The minimum Gasteiger partial charge on any atom is -0.328 e. The van der Waals surface area contributed by atoms with Gasteiger partial charge in [-0.05, 0) is 6.07 Å². The van der Waals surface area contributed by atoms with Gasteiger partial charge >= 0.3 is 0 Å². The molecule has 5 heterocycles. The van der Waals surface area contributed by atoms with Crippen molar-refractivity contribution in [3.8, 4) is 11.3 Å². The Morgan fingerprint density at radius 1 is 1.00 bits per heavy atom. The summed E-state index contributed by atoms with van der Waals surface area (Å²) >= 11 is 0. The lowest BCUT2D eigenvalue weighted by Gasteiger charge is -2.16. The highest BCUT2D eigenvalue weighted by Gasteiger charge is 2.31. The minimum atomic E-state index is -0.476. The number of aromatic nitrogens is 7. The van der Waals surface area contributed by atoms with Gasteiger partial charge in [0, 0.05) is 50.4 Å². The van der Waals surface area contributed by atoms with Crippen LogP contribution in [0.4, 0.5) is 5.82 Å². The Morgan fingerprint density at radius 2 is 1.83 bits per heavy atom. The average Bonchev–Trinajstić information content (AvgIpc) is 3.61. The largest absolute Gasteiger partial charge is 0.328 e. The number of aryl methyl sites for hydroxylation is 2. The van der Waals surface area contributed by atoms with Crippen LogP contribution in [-0.4, -0.2) is 50.6 Å². The number of benzene rings is 1. The molecule has 5 aromatic rings. The summed E-state index contributed by atoms with van der Waals surface area (Å²) in [5.41, 5.74) is 4.01. The molecule has 1 aromatic carbocycles. The van der Waals surface area contributed by atoms with Crippen LogP contribution >= 0.6 is 0 Å². The van der Waals surface area contributed by atoms with Crippen LogP contribution in [0.25, 0.3) is 17.0 Å². The predicted octanol–water partition coefficient (Wildman–Crippen LogP) is 2.27. The fourth-order valence-corrected chi connectivity index (χ4v) is 4.33. The van der Waals surface area contributed by atoms with E-state index < -0.39 is 5.91 Å². The van der Waals surface area contributed by atoms with E-state index >= 15 is 0 Å².